The van der Waals surface area contributed by atoms with Gasteiger partial charge < -0.3 is 24.8 Å². The molecule has 2 aromatic rings. The lowest BCUT2D eigenvalue weighted by atomic mass is 10.00. The van der Waals surface area contributed by atoms with Crippen molar-refractivity contribution in [2.24, 2.45) is 0 Å². The van der Waals surface area contributed by atoms with Gasteiger partial charge in [0.1, 0.15) is 40.5 Å². The van der Waals surface area contributed by atoms with Gasteiger partial charge in [0.05, 0.1) is 23.3 Å². The van der Waals surface area contributed by atoms with Crippen LogP contribution >= 0.6 is 11.6 Å². The minimum atomic E-state index is -0.582. The Hall–Kier alpha value is -2.13. The van der Waals surface area contributed by atoms with Crippen molar-refractivity contribution < 1.29 is 19.0 Å². The minimum absolute atomic E-state index is 0.0147. The molecule has 0 spiro atoms. The van der Waals surface area contributed by atoms with Crippen molar-refractivity contribution in [2.45, 2.75) is 44.5 Å². The van der Waals surface area contributed by atoms with E-state index in [4.69, 9.17) is 26.1 Å². The lowest BCUT2D eigenvalue weighted by molar-refractivity contribution is 0.114. The number of phenolic OH excluding ortho intramolecular Hbond substituents is 1. The highest BCUT2D eigenvalue weighted by Gasteiger charge is 2.42. The highest BCUT2D eigenvalue weighted by molar-refractivity contribution is 6.35. The Balaban J connectivity index is 1.72. The molecule has 9 heteroatoms. The van der Waals surface area contributed by atoms with E-state index in [1.807, 2.05) is 0 Å². The Morgan fingerprint density at radius 3 is 2.91 bits per heavy atom. The summed E-state index contributed by atoms with van der Waals surface area (Å²) in [5.41, 5.74) is 0.836. The molecule has 178 valence electrons. The molecule has 5 rings (SSSR count). The SMILES string of the molecule is COC1CN(c2nc(-c3c(O)cccc3F)c(Cl)c3c2CN2CCNC[C@@H]2CO3)C(C)(C)C1. The Labute approximate surface area is 198 Å². The van der Waals surface area contributed by atoms with Crippen LogP contribution in [0.2, 0.25) is 5.02 Å². The van der Waals surface area contributed by atoms with E-state index < -0.39 is 5.82 Å². The van der Waals surface area contributed by atoms with Crippen LogP contribution < -0.4 is 15.0 Å². The third kappa shape index (κ3) is 3.93. The Bertz CT molecular complexity index is 1050. The van der Waals surface area contributed by atoms with Crippen LogP contribution in [-0.4, -0.2) is 72.6 Å². The topological polar surface area (TPSA) is 70.1 Å². The lowest BCUT2D eigenvalue weighted by Crippen LogP contribution is -2.52. The van der Waals surface area contributed by atoms with Crippen LogP contribution in [0.15, 0.2) is 18.2 Å². The molecule has 4 heterocycles. The average molecular weight is 477 g/mol. The van der Waals surface area contributed by atoms with Crippen molar-refractivity contribution in [3.8, 4) is 22.8 Å². The number of nitrogens with one attached hydrogen (secondary N) is 1. The molecule has 2 N–H and O–H groups in total. The highest BCUT2D eigenvalue weighted by Crippen LogP contribution is 2.48. The highest BCUT2D eigenvalue weighted by atomic mass is 35.5. The summed E-state index contributed by atoms with van der Waals surface area (Å²) in [5, 5.41) is 14.2. The van der Waals surface area contributed by atoms with Gasteiger partial charge in [0.25, 0.3) is 0 Å². The number of nitrogens with zero attached hydrogens (tertiary/aromatic N) is 3. The van der Waals surface area contributed by atoms with Gasteiger partial charge in [0.15, 0.2) is 0 Å². The van der Waals surface area contributed by atoms with E-state index in [1.54, 1.807) is 7.11 Å². The van der Waals surface area contributed by atoms with E-state index in [9.17, 15) is 9.50 Å². The van der Waals surface area contributed by atoms with Gasteiger partial charge in [0.2, 0.25) is 0 Å². The first kappa shape index (κ1) is 22.7. The summed E-state index contributed by atoms with van der Waals surface area (Å²) in [6, 6.07) is 4.40. The van der Waals surface area contributed by atoms with Crippen LogP contribution in [0.3, 0.4) is 0 Å². The number of phenols is 1. The molecular weight excluding hydrogens is 447 g/mol. The molecule has 0 amide bonds. The predicted molar refractivity (Wildman–Crippen MR) is 126 cm³/mol. The third-order valence-corrected chi connectivity index (χ3v) is 7.43. The lowest BCUT2D eigenvalue weighted by Gasteiger charge is -2.36. The van der Waals surface area contributed by atoms with Crippen LogP contribution in [-0.2, 0) is 11.3 Å². The van der Waals surface area contributed by atoms with E-state index in [2.05, 4.69) is 29.0 Å². The third-order valence-electron chi connectivity index (χ3n) is 7.08. The van der Waals surface area contributed by atoms with E-state index in [1.165, 1.54) is 18.2 Å². The minimum Gasteiger partial charge on any atom is -0.507 e. The number of benzene rings is 1. The van der Waals surface area contributed by atoms with Crippen molar-refractivity contribution in [3.05, 3.63) is 34.6 Å². The molecule has 0 saturated carbocycles. The maximum atomic E-state index is 14.9. The number of ether oxygens (including phenoxy) is 2. The normalized spacial score (nSPS) is 24.7. The Kier molecular flexibility index (Phi) is 5.89. The standard InChI is InChI=1S/C24H30ClFN4O3/c1-24(2)9-15(32-3)11-30(24)23-16-12-29-8-7-27-10-14(29)13-33-22(16)20(25)21(28-23)19-17(26)5-4-6-18(19)31/h4-6,14-15,27,31H,7-13H2,1-3H3/t14-,15?/m1/s1. The van der Waals surface area contributed by atoms with Gasteiger partial charge in [-0.1, -0.05) is 17.7 Å². The molecular formula is C24H30ClFN4O3. The number of aromatic nitrogens is 1. The van der Waals surface area contributed by atoms with Crippen LogP contribution in [0, 0.1) is 5.82 Å². The summed E-state index contributed by atoms with van der Waals surface area (Å²) in [7, 11) is 1.72. The Morgan fingerprint density at radius 1 is 1.36 bits per heavy atom. The van der Waals surface area contributed by atoms with Crippen molar-refractivity contribution in [1.82, 2.24) is 15.2 Å². The smallest absolute Gasteiger partial charge is 0.148 e. The summed E-state index contributed by atoms with van der Waals surface area (Å²) in [6.45, 7) is 8.69. The van der Waals surface area contributed by atoms with Gasteiger partial charge >= 0.3 is 0 Å². The molecule has 0 radical (unpaired) electrons. The first-order chi connectivity index (χ1) is 15.8. The molecule has 33 heavy (non-hydrogen) atoms. The maximum absolute atomic E-state index is 14.9. The summed E-state index contributed by atoms with van der Waals surface area (Å²) >= 11 is 6.84. The fourth-order valence-corrected chi connectivity index (χ4v) is 5.57. The zero-order valence-electron chi connectivity index (χ0n) is 19.2. The summed E-state index contributed by atoms with van der Waals surface area (Å²) in [6.07, 6.45) is 0.886. The number of aromatic hydroxyl groups is 1. The molecule has 1 aromatic carbocycles. The molecule has 2 saturated heterocycles. The second-order valence-electron chi connectivity index (χ2n) is 9.66. The van der Waals surface area contributed by atoms with Crippen LogP contribution in [0.5, 0.6) is 11.5 Å². The first-order valence-corrected chi connectivity index (χ1v) is 11.8. The molecule has 2 fully saturated rings. The zero-order valence-corrected chi connectivity index (χ0v) is 20.0. The number of piperazine rings is 1. The predicted octanol–water partition coefficient (Wildman–Crippen LogP) is 3.42. The largest absolute Gasteiger partial charge is 0.507 e. The number of hydrogen-bond acceptors (Lipinski definition) is 7. The van der Waals surface area contributed by atoms with E-state index in [0.717, 1.165) is 31.6 Å². The number of halogens is 2. The average Bonchev–Trinajstić information content (AvgIpc) is 2.96. The van der Waals surface area contributed by atoms with Gasteiger partial charge in [-0.3, -0.25) is 4.90 Å². The zero-order chi connectivity index (χ0) is 23.3. The van der Waals surface area contributed by atoms with E-state index in [-0.39, 0.29) is 39.7 Å². The Morgan fingerprint density at radius 2 is 2.18 bits per heavy atom. The van der Waals surface area contributed by atoms with Crippen molar-refractivity contribution in [3.63, 3.8) is 0 Å². The second kappa shape index (κ2) is 8.58. The molecule has 3 aliphatic heterocycles. The quantitative estimate of drug-likeness (QED) is 0.703. The van der Waals surface area contributed by atoms with Crippen molar-refractivity contribution in [1.29, 1.82) is 0 Å². The summed E-state index contributed by atoms with van der Waals surface area (Å²) < 4.78 is 26.9. The number of pyridine rings is 1. The van der Waals surface area contributed by atoms with Gasteiger partial charge in [-0.2, -0.15) is 0 Å². The van der Waals surface area contributed by atoms with Gasteiger partial charge in [-0.25, -0.2) is 9.37 Å². The maximum Gasteiger partial charge on any atom is 0.148 e. The molecule has 1 aromatic heterocycles. The number of methoxy groups -OCH3 is 1. The molecule has 3 aliphatic rings. The van der Waals surface area contributed by atoms with Gasteiger partial charge in [-0.15, -0.1) is 0 Å². The van der Waals surface area contributed by atoms with Crippen LogP contribution in [0.4, 0.5) is 10.2 Å². The second-order valence-corrected chi connectivity index (χ2v) is 10.0. The molecule has 2 atom stereocenters. The number of anilines is 1. The summed E-state index contributed by atoms with van der Waals surface area (Å²) in [4.78, 5) is 9.52. The van der Waals surface area contributed by atoms with Crippen LogP contribution in [0.25, 0.3) is 11.3 Å². The van der Waals surface area contributed by atoms with Crippen molar-refractivity contribution >= 4 is 17.4 Å². The van der Waals surface area contributed by atoms with E-state index >= 15 is 0 Å². The molecule has 0 aliphatic carbocycles. The van der Waals surface area contributed by atoms with Gasteiger partial charge in [0, 0.05) is 45.4 Å². The van der Waals surface area contributed by atoms with E-state index in [0.29, 0.717) is 31.3 Å². The molecule has 0 bridgehead atoms. The number of hydrogen-bond donors (Lipinski definition) is 2. The monoisotopic (exact) mass is 476 g/mol. The number of rotatable bonds is 3. The molecule has 7 nitrogen and oxygen atoms in total. The van der Waals surface area contributed by atoms with Crippen molar-refractivity contribution in [2.75, 3.05) is 44.8 Å². The van der Waals surface area contributed by atoms with Crippen LogP contribution in [0.1, 0.15) is 25.8 Å². The van der Waals surface area contributed by atoms with Gasteiger partial charge in [-0.05, 0) is 32.4 Å². The molecule has 1 unspecified atom stereocenters. The first-order valence-electron chi connectivity index (χ1n) is 11.4. The number of fused-ring (bicyclic) bond motifs is 2. The fraction of sp³-hybridized carbons (Fsp3) is 0.542. The summed E-state index contributed by atoms with van der Waals surface area (Å²) in [5.74, 6) is 0.433. The fourth-order valence-electron chi connectivity index (χ4n) is 5.26.